The number of aryl methyl sites for hydroxylation is 1. The lowest BCUT2D eigenvalue weighted by Gasteiger charge is -2.35. The van der Waals surface area contributed by atoms with Gasteiger partial charge in [0, 0.05) is 25.0 Å². The fourth-order valence-corrected chi connectivity index (χ4v) is 4.62. The number of nitrogens with one attached hydrogen (secondary N) is 1. The number of hydrogen-bond acceptors (Lipinski definition) is 3. The highest BCUT2D eigenvalue weighted by Crippen LogP contribution is 2.34. The average molecular weight is 338 g/mol. The van der Waals surface area contributed by atoms with Crippen LogP contribution in [-0.2, 0) is 4.79 Å². The molecule has 5 nitrogen and oxygen atoms in total. The predicted molar refractivity (Wildman–Crippen MR) is 97.5 cm³/mol. The van der Waals surface area contributed by atoms with Gasteiger partial charge in [0.05, 0.1) is 17.1 Å². The molecule has 1 saturated carbocycles. The number of piperidine rings is 1. The Morgan fingerprint density at radius 3 is 2.88 bits per heavy atom. The van der Waals surface area contributed by atoms with Crippen LogP contribution >= 0.6 is 0 Å². The zero-order valence-corrected chi connectivity index (χ0v) is 14.9. The van der Waals surface area contributed by atoms with E-state index in [-0.39, 0.29) is 6.04 Å². The van der Waals surface area contributed by atoms with Gasteiger partial charge in [-0.25, -0.2) is 4.98 Å². The summed E-state index contributed by atoms with van der Waals surface area (Å²) in [5, 5.41) is 0. The van der Waals surface area contributed by atoms with E-state index in [4.69, 9.17) is 4.98 Å². The Hall–Kier alpha value is -1.88. The van der Waals surface area contributed by atoms with Crippen LogP contribution in [0.5, 0.6) is 0 Å². The molecule has 132 valence electrons. The van der Waals surface area contributed by atoms with Gasteiger partial charge in [-0.3, -0.25) is 9.69 Å². The number of aromatic nitrogens is 2. The third-order valence-electron chi connectivity index (χ3n) is 6.14. The molecule has 1 amide bonds. The van der Waals surface area contributed by atoms with Gasteiger partial charge in [0.2, 0.25) is 5.91 Å². The third-order valence-corrected chi connectivity index (χ3v) is 6.14. The molecular weight excluding hydrogens is 312 g/mol. The van der Waals surface area contributed by atoms with Crippen molar-refractivity contribution in [1.29, 1.82) is 0 Å². The molecule has 2 saturated heterocycles. The Morgan fingerprint density at radius 2 is 2.04 bits per heavy atom. The van der Waals surface area contributed by atoms with Crippen LogP contribution in [0.3, 0.4) is 0 Å². The standard InChI is InChI=1S/C20H26N4O/c1-13-4-7-16-17(11-13)22-19(21-16)14-3-2-9-23(12-14)18-8-10-24(20(18)25)15-5-6-15/h4,7,11,14-15,18H,2-3,5-6,8-10,12H2,1H3,(H,21,22)/t14-,18+/m1/s1. The number of hydrogen-bond donors (Lipinski definition) is 1. The number of nitrogens with zero attached hydrogens (tertiary/aromatic N) is 3. The minimum absolute atomic E-state index is 0.107. The van der Waals surface area contributed by atoms with Gasteiger partial charge in [-0.2, -0.15) is 0 Å². The molecule has 3 fully saturated rings. The average Bonchev–Trinajstić information content (AvgIpc) is 3.25. The summed E-state index contributed by atoms with van der Waals surface area (Å²) in [5.74, 6) is 1.88. The van der Waals surface area contributed by atoms with Crippen molar-refractivity contribution in [2.45, 2.75) is 57.0 Å². The molecule has 0 unspecified atom stereocenters. The zero-order chi connectivity index (χ0) is 17.0. The minimum Gasteiger partial charge on any atom is -0.342 e. The van der Waals surface area contributed by atoms with E-state index in [1.807, 2.05) is 0 Å². The van der Waals surface area contributed by atoms with Gasteiger partial charge in [0.25, 0.3) is 0 Å². The minimum atomic E-state index is 0.107. The lowest BCUT2D eigenvalue weighted by Crippen LogP contribution is -2.46. The molecule has 0 bridgehead atoms. The van der Waals surface area contributed by atoms with Crippen molar-refractivity contribution in [3.05, 3.63) is 29.6 Å². The number of carbonyl (C=O) groups is 1. The van der Waals surface area contributed by atoms with Gasteiger partial charge in [0.15, 0.2) is 0 Å². The van der Waals surface area contributed by atoms with Crippen LogP contribution in [0.1, 0.15) is 49.4 Å². The highest BCUT2D eigenvalue weighted by molar-refractivity contribution is 5.84. The number of rotatable bonds is 3. The van der Waals surface area contributed by atoms with E-state index in [1.165, 1.54) is 18.4 Å². The quantitative estimate of drug-likeness (QED) is 0.936. The summed E-state index contributed by atoms with van der Waals surface area (Å²) in [4.78, 5) is 25.7. The molecule has 25 heavy (non-hydrogen) atoms. The molecule has 5 heteroatoms. The van der Waals surface area contributed by atoms with Crippen LogP contribution in [0.4, 0.5) is 0 Å². The van der Waals surface area contributed by atoms with E-state index in [0.29, 0.717) is 17.9 Å². The highest BCUT2D eigenvalue weighted by atomic mass is 16.2. The molecule has 1 aliphatic carbocycles. The van der Waals surface area contributed by atoms with E-state index in [2.05, 4.69) is 39.9 Å². The van der Waals surface area contributed by atoms with Crippen LogP contribution in [0, 0.1) is 6.92 Å². The lowest BCUT2D eigenvalue weighted by atomic mass is 9.95. The number of benzene rings is 1. The molecule has 1 N–H and O–H groups in total. The van der Waals surface area contributed by atoms with E-state index in [1.54, 1.807) is 0 Å². The largest absolute Gasteiger partial charge is 0.342 e. The van der Waals surface area contributed by atoms with Gasteiger partial charge >= 0.3 is 0 Å². The first kappa shape index (κ1) is 15.4. The summed E-state index contributed by atoms with van der Waals surface area (Å²) in [6, 6.07) is 7.04. The zero-order valence-electron chi connectivity index (χ0n) is 14.9. The molecule has 5 rings (SSSR count). The van der Waals surface area contributed by atoms with Crippen LogP contribution in [0.15, 0.2) is 18.2 Å². The topological polar surface area (TPSA) is 52.2 Å². The second-order valence-corrected chi connectivity index (χ2v) is 8.04. The Morgan fingerprint density at radius 1 is 1.16 bits per heavy atom. The molecule has 2 aliphatic heterocycles. The second-order valence-electron chi connectivity index (χ2n) is 8.04. The van der Waals surface area contributed by atoms with Crippen molar-refractivity contribution in [3.8, 4) is 0 Å². The summed E-state index contributed by atoms with van der Waals surface area (Å²) < 4.78 is 0. The maximum atomic E-state index is 12.8. The maximum absolute atomic E-state index is 12.8. The molecule has 3 aliphatic rings. The highest BCUT2D eigenvalue weighted by Gasteiger charge is 2.43. The molecule has 0 spiro atoms. The molecule has 2 atom stereocenters. The Labute approximate surface area is 148 Å². The first-order valence-electron chi connectivity index (χ1n) is 9.70. The number of aromatic amines is 1. The smallest absolute Gasteiger partial charge is 0.240 e. The Balaban J connectivity index is 1.34. The number of fused-ring (bicyclic) bond motifs is 1. The van der Waals surface area contributed by atoms with E-state index >= 15 is 0 Å². The number of imidazole rings is 1. The predicted octanol–water partition coefficient (Wildman–Crippen LogP) is 2.81. The fraction of sp³-hybridized carbons (Fsp3) is 0.600. The fourth-order valence-electron chi connectivity index (χ4n) is 4.62. The molecule has 2 aromatic rings. The Kier molecular flexibility index (Phi) is 3.59. The summed E-state index contributed by atoms with van der Waals surface area (Å²) in [6.45, 7) is 5.07. The van der Waals surface area contributed by atoms with Crippen LogP contribution in [-0.4, -0.2) is 57.4 Å². The van der Waals surface area contributed by atoms with Crippen LogP contribution in [0.2, 0.25) is 0 Å². The first-order valence-corrected chi connectivity index (χ1v) is 9.70. The number of amides is 1. The monoisotopic (exact) mass is 338 g/mol. The van der Waals surface area contributed by atoms with E-state index in [9.17, 15) is 4.79 Å². The summed E-state index contributed by atoms with van der Waals surface area (Å²) in [7, 11) is 0. The maximum Gasteiger partial charge on any atom is 0.240 e. The normalized spacial score (nSPS) is 28.2. The van der Waals surface area contributed by atoms with Gasteiger partial charge in [0.1, 0.15) is 5.82 Å². The summed E-state index contributed by atoms with van der Waals surface area (Å²) in [5.41, 5.74) is 3.43. The SMILES string of the molecule is Cc1ccc2nc([C@@H]3CCCN([C@H]4CCN(C5CC5)C4=O)C3)[nH]c2c1. The van der Waals surface area contributed by atoms with Crippen molar-refractivity contribution in [2.75, 3.05) is 19.6 Å². The van der Waals surface area contributed by atoms with Crippen LogP contribution < -0.4 is 0 Å². The summed E-state index contributed by atoms with van der Waals surface area (Å²) >= 11 is 0. The summed E-state index contributed by atoms with van der Waals surface area (Å²) in [6.07, 6.45) is 5.72. The first-order chi connectivity index (χ1) is 12.2. The number of likely N-dealkylation sites (tertiary alicyclic amines) is 2. The van der Waals surface area contributed by atoms with Crippen molar-refractivity contribution >= 4 is 16.9 Å². The second kappa shape index (κ2) is 5.84. The molecule has 3 heterocycles. The lowest BCUT2D eigenvalue weighted by molar-refractivity contribution is -0.133. The number of H-pyrrole nitrogens is 1. The van der Waals surface area contributed by atoms with Crippen molar-refractivity contribution in [3.63, 3.8) is 0 Å². The van der Waals surface area contributed by atoms with Crippen LogP contribution in [0.25, 0.3) is 11.0 Å². The Bertz CT molecular complexity index is 809. The number of carbonyl (C=O) groups excluding carboxylic acids is 1. The molecule has 0 radical (unpaired) electrons. The molecule has 1 aromatic heterocycles. The van der Waals surface area contributed by atoms with Gasteiger partial charge in [-0.05, 0) is 63.3 Å². The third kappa shape index (κ3) is 2.74. The molecular formula is C20H26N4O. The van der Waals surface area contributed by atoms with Crippen molar-refractivity contribution in [2.24, 2.45) is 0 Å². The molecule has 1 aromatic carbocycles. The van der Waals surface area contributed by atoms with Gasteiger partial charge in [-0.1, -0.05) is 6.07 Å². The van der Waals surface area contributed by atoms with E-state index in [0.717, 1.165) is 55.8 Å². The van der Waals surface area contributed by atoms with E-state index < -0.39 is 0 Å². The van der Waals surface area contributed by atoms with Crippen molar-refractivity contribution in [1.82, 2.24) is 19.8 Å². The van der Waals surface area contributed by atoms with Gasteiger partial charge < -0.3 is 9.88 Å². The van der Waals surface area contributed by atoms with Crippen molar-refractivity contribution < 1.29 is 4.79 Å². The van der Waals surface area contributed by atoms with Gasteiger partial charge in [-0.15, -0.1) is 0 Å².